The minimum Gasteiger partial charge on any atom is -0.390 e. The summed E-state index contributed by atoms with van der Waals surface area (Å²) in [6, 6.07) is 1.92. The van der Waals surface area contributed by atoms with E-state index in [9.17, 15) is 9.90 Å². The van der Waals surface area contributed by atoms with Crippen LogP contribution in [0.1, 0.15) is 67.2 Å². The van der Waals surface area contributed by atoms with Gasteiger partial charge < -0.3 is 10.4 Å². The molecule has 4 saturated carbocycles. The van der Waals surface area contributed by atoms with E-state index in [1.165, 1.54) is 12.8 Å². The minimum absolute atomic E-state index is 0.000672. The zero-order valence-corrected chi connectivity index (χ0v) is 14.7. The summed E-state index contributed by atoms with van der Waals surface area (Å²) in [4.78, 5) is 21.5. The number of carbonyl (C=O) groups is 1. The zero-order chi connectivity index (χ0) is 16.7. The van der Waals surface area contributed by atoms with E-state index in [1.54, 1.807) is 17.5 Å². The maximum Gasteiger partial charge on any atom is 0.253 e. The van der Waals surface area contributed by atoms with Crippen LogP contribution in [0.3, 0.4) is 0 Å². The minimum atomic E-state index is -0.665. The maximum atomic E-state index is 12.6. The number of nitrogens with zero attached hydrogens (tertiary/aromatic N) is 2. The smallest absolute Gasteiger partial charge is 0.253 e. The van der Waals surface area contributed by atoms with Crippen LogP contribution in [0.2, 0.25) is 0 Å². The van der Waals surface area contributed by atoms with E-state index in [0.717, 1.165) is 34.6 Å². The summed E-state index contributed by atoms with van der Waals surface area (Å²) < 4.78 is 0.995. The van der Waals surface area contributed by atoms with Crippen molar-refractivity contribution in [1.82, 2.24) is 15.3 Å². The average Bonchev–Trinajstić information content (AvgIpc) is 3.18. The molecule has 2 N–H and O–H groups in total. The second-order valence-electron chi connectivity index (χ2n) is 8.48. The Morgan fingerprint density at radius 1 is 1.38 bits per heavy atom. The first kappa shape index (κ1) is 14.8. The molecule has 0 aliphatic heterocycles. The van der Waals surface area contributed by atoms with Crippen molar-refractivity contribution < 1.29 is 9.90 Å². The van der Waals surface area contributed by atoms with Gasteiger partial charge in [-0.3, -0.25) is 4.79 Å². The van der Waals surface area contributed by atoms with Gasteiger partial charge in [0.25, 0.3) is 5.91 Å². The molecule has 24 heavy (non-hydrogen) atoms. The van der Waals surface area contributed by atoms with E-state index in [0.29, 0.717) is 11.5 Å². The van der Waals surface area contributed by atoms with Crippen molar-refractivity contribution in [3.63, 3.8) is 0 Å². The van der Waals surface area contributed by atoms with Crippen LogP contribution in [0.4, 0.5) is 0 Å². The molecule has 0 radical (unpaired) electrons. The van der Waals surface area contributed by atoms with Crippen LogP contribution in [0.5, 0.6) is 0 Å². The van der Waals surface area contributed by atoms with E-state index in [4.69, 9.17) is 0 Å². The van der Waals surface area contributed by atoms with Gasteiger partial charge in [-0.2, -0.15) is 0 Å². The van der Waals surface area contributed by atoms with Crippen LogP contribution in [0.15, 0.2) is 12.3 Å². The molecule has 5 nitrogen and oxygen atoms in total. The number of pyridine rings is 1. The van der Waals surface area contributed by atoms with Crippen LogP contribution in [-0.2, 0) is 0 Å². The van der Waals surface area contributed by atoms with Crippen LogP contribution >= 0.6 is 11.3 Å². The molecule has 0 unspecified atom stereocenters. The highest BCUT2D eigenvalue weighted by Gasteiger charge is 2.73. The summed E-state index contributed by atoms with van der Waals surface area (Å²) >= 11 is 1.66. The predicted octanol–water partition coefficient (Wildman–Crippen LogP) is 2.99. The summed E-state index contributed by atoms with van der Waals surface area (Å²) in [5.74, 6) is 0.551. The third kappa shape index (κ3) is 1.99. The average molecular weight is 343 g/mol. The third-order valence-electron chi connectivity index (χ3n) is 6.16. The first-order valence-corrected chi connectivity index (χ1v) is 9.42. The van der Waals surface area contributed by atoms with Crippen LogP contribution in [0.25, 0.3) is 10.3 Å². The van der Waals surface area contributed by atoms with Gasteiger partial charge in [0.15, 0.2) is 5.65 Å². The Morgan fingerprint density at radius 3 is 2.71 bits per heavy atom. The number of hydrogen-bond acceptors (Lipinski definition) is 5. The molecular weight excluding hydrogens is 322 g/mol. The first-order valence-electron chi connectivity index (χ1n) is 8.61. The number of fused-ring (bicyclic) bond motifs is 1. The van der Waals surface area contributed by atoms with Crippen molar-refractivity contribution in [2.45, 2.75) is 63.0 Å². The Bertz CT molecular complexity index is 843. The zero-order valence-electron chi connectivity index (χ0n) is 13.9. The number of nitrogens with one attached hydrogen (secondary N) is 1. The highest BCUT2D eigenvalue weighted by atomic mass is 32.1. The molecule has 4 fully saturated rings. The third-order valence-corrected chi connectivity index (χ3v) is 7.31. The normalized spacial score (nSPS) is 31.5. The lowest BCUT2D eigenvalue weighted by Crippen LogP contribution is -2.79. The molecule has 126 valence electrons. The summed E-state index contributed by atoms with van der Waals surface area (Å²) in [5, 5.41) is 14.6. The first-order chi connectivity index (χ1) is 11.3. The second kappa shape index (κ2) is 4.35. The van der Waals surface area contributed by atoms with Gasteiger partial charge in [-0.25, -0.2) is 9.97 Å². The largest absolute Gasteiger partial charge is 0.390 e. The van der Waals surface area contributed by atoms with Gasteiger partial charge in [-0.05, 0) is 52.0 Å². The van der Waals surface area contributed by atoms with Gasteiger partial charge in [-0.1, -0.05) is 0 Å². The maximum absolute atomic E-state index is 12.6. The monoisotopic (exact) mass is 343 g/mol. The van der Waals surface area contributed by atoms with Gasteiger partial charge >= 0.3 is 0 Å². The van der Waals surface area contributed by atoms with Gasteiger partial charge in [0.05, 0.1) is 20.9 Å². The van der Waals surface area contributed by atoms with Gasteiger partial charge in [-0.15, -0.1) is 11.3 Å². The molecule has 1 amide bonds. The van der Waals surface area contributed by atoms with E-state index in [1.807, 2.05) is 19.9 Å². The fourth-order valence-electron chi connectivity index (χ4n) is 4.35. The molecule has 2 aromatic rings. The standard InChI is InChI=1S/C18H21N3O2S/c1-16(2,23)17-7-18(8-17,9-17)21-14(22)11-5-12-13(19-6-11)20-15(24-12)10-3-4-10/h5-6,10,23H,3-4,7-9H2,1-2H3,(H,21,22). The molecule has 0 atom stereocenters. The number of thiazole rings is 1. The van der Waals surface area contributed by atoms with Gasteiger partial charge in [0.2, 0.25) is 0 Å². The lowest BCUT2D eigenvalue weighted by atomic mass is 9.35. The Morgan fingerprint density at radius 2 is 2.08 bits per heavy atom. The molecule has 0 aromatic carbocycles. The molecule has 2 heterocycles. The number of carbonyl (C=O) groups excluding carboxylic acids is 1. The predicted molar refractivity (Wildman–Crippen MR) is 92.2 cm³/mol. The number of hydrogen-bond donors (Lipinski definition) is 2. The number of aromatic nitrogens is 2. The number of aliphatic hydroxyl groups is 1. The summed E-state index contributed by atoms with van der Waals surface area (Å²) in [6.07, 6.45) is 6.69. The fourth-order valence-corrected chi connectivity index (χ4v) is 5.48. The highest BCUT2D eigenvalue weighted by Crippen LogP contribution is 2.71. The van der Waals surface area contributed by atoms with Gasteiger partial charge in [0.1, 0.15) is 0 Å². The number of rotatable bonds is 4. The lowest BCUT2D eigenvalue weighted by Gasteiger charge is -2.74. The van der Waals surface area contributed by atoms with Crippen molar-refractivity contribution in [1.29, 1.82) is 0 Å². The molecular formula is C18H21N3O2S. The number of amides is 1. The lowest BCUT2D eigenvalue weighted by molar-refractivity contribution is -0.247. The Balaban J connectivity index is 1.32. The molecule has 2 aromatic heterocycles. The summed E-state index contributed by atoms with van der Waals surface area (Å²) in [6.45, 7) is 3.74. The van der Waals surface area contributed by atoms with Gasteiger partial charge in [0, 0.05) is 23.1 Å². The van der Waals surface area contributed by atoms with Crippen molar-refractivity contribution in [2.24, 2.45) is 5.41 Å². The molecule has 4 aliphatic rings. The van der Waals surface area contributed by atoms with Crippen molar-refractivity contribution in [3.05, 3.63) is 22.8 Å². The van der Waals surface area contributed by atoms with Crippen LogP contribution in [0, 0.1) is 5.41 Å². The Hall–Kier alpha value is -1.53. The molecule has 6 rings (SSSR count). The summed E-state index contributed by atoms with van der Waals surface area (Å²) in [5.41, 5.74) is 0.584. The SMILES string of the molecule is CC(C)(O)C12CC(NC(=O)c3cnc4nc(C5CC5)sc4c3)(C1)C2. The molecule has 2 bridgehead atoms. The Kier molecular flexibility index (Phi) is 2.68. The van der Waals surface area contributed by atoms with Crippen molar-refractivity contribution >= 4 is 27.6 Å². The molecule has 0 spiro atoms. The van der Waals surface area contributed by atoms with Crippen LogP contribution < -0.4 is 5.32 Å². The fraction of sp³-hybridized carbons (Fsp3) is 0.611. The van der Waals surface area contributed by atoms with Crippen LogP contribution in [-0.4, -0.2) is 32.1 Å². The molecule has 4 aliphatic carbocycles. The van der Waals surface area contributed by atoms with E-state index >= 15 is 0 Å². The quantitative estimate of drug-likeness (QED) is 0.895. The molecule has 6 heteroatoms. The highest BCUT2D eigenvalue weighted by molar-refractivity contribution is 7.18. The summed E-state index contributed by atoms with van der Waals surface area (Å²) in [7, 11) is 0. The van der Waals surface area contributed by atoms with E-state index in [-0.39, 0.29) is 16.9 Å². The molecule has 0 saturated heterocycles. The Labute approximate surface area is 144 Å². The second-order valence-corrected chi connectivity index (χ2v) is 9.54. The topological polar surface area (TPSA) is 75.1 Å². The van der Waals surface area contributed by atoms with Crippen molar-refractivity contribution in [3.8, 4) is 0 Å². The van der Waals surface area contributed by atoms with Crippen molar-refractivity contribution in [2.75, 3.05) is 0 Å². The van der Waals surface area contributed by atoms with E-state index < -0.39 is 5.60 Å². The van der Waals surface area contributed by atoms with E-state index in [2.05, 4.69) is 15.3 Å².